The highest BCUT2D eigenvalue weighted by Gasteiger charge is 2.23. The second-order valence-corrected chi connectivity index (χ2v) is 13.9. The van der Waals surface area contributed by atoms with Gasteiger partial charge in [0.05, 0.1) is 29.8 Å². The van der Waals surface area contributed by atoms with E-state index >= 15 is 0 Å². The molecule has 3 aromatic carbocycles. The number of rotatable bonds is 17. The van der Waals surface area contributed by atoms with Gasteiger partial charge in [-0.25, -0.2) is 4.98 Å². The summed E-state index contributed by atoms with van der Waals surface area (Å²) < 4.78 is 21.7. The molecular weight excluding hydrogens is 596 g/mol. The molecule has 2 unspecified atom stereocenters. The normalized spacial score (nSPS) is 18.6. The first kappa shape index (κ1) is 34.3. The molecule has 4 aromatic rings. The molecule has 0 aliphatic carbocycles. The number of nitrogens with zero attached hydrogens (tertiary/aromatic N) is 4. The average molecular weight is 653 g/mol. The van der Waals surface area contributed by atoms with Crippen molar-refractivity contribution in [3.63, 3.8) is 0 Å². The second-order valence-electron chi connectivity index (χ2n) is 13.9. The van der Waals surface area contributed by atoms with E-state index in [9.17, 15) is 0 Å². The predicted octanol–water partition coefficient (Wildman–Crippen LogP) is 9.36. The third kappa shape index (κ3) is 8.53. The van der Waals surface area contributed by atoms with Crippen molar-refractivity contribution < 1.29 is 14.2 Å². The summed E-state index contributed by atoms with van der Waals surface area (Å²) in [5, 5.41) is 0. The summed E-state index contributed by atoms with van der Waals surface area (Å²) >= 11 is 0. The van der Waals surface area contributed by atoms with E-state index in [1.54, 1.807) is 0 Å². The Morgan fingerprint density at radius 1 is 0.729 bits per heavy atom. The van der Waals surface area contributed by atoms with Crippen molar-refractivity contribution >= 4 is 11.0 Å². The number of benzene rings is 3. The predicted molar refractivity (Wildman–Crippen MR) is 197 cm³/mol. The zero-order valence-corrected chi connectivity index (χ0v) is 29.8. The molecular formula is C41H56N4O3. The van der Waals surface area contributed by atoms with Crippen LogP contribution in [0.5, 0.6) is 23.0 Å². The van der Waals surface area contributed by atoms with Gasteiger partial charge in [-0.1, -0.05) is 38.8 Å². The second kappa shape index (κ2) is 16.7. The van der Waals surface area contributed by atoms with E-state index in [0.717, 1.165) is 84.1 Å². The molecule has 2 atom stereocenters. The van der Waals surface area contributed by atoms with Gasteiger partial charge in [0, 0.05) is 30.8 Å². The molecule has 0 spiro atoms. The van der Waals surface area contributed by atoms with E-state index in [1.165, 1.54) is 57.2 Å². The lowest BCUT2D eigenvalue weighted by atomic mass is 10.1. The topological polar surface area (TPSA) is 52.0 Å². The first-order valence-electron chi connectivity index (χ1n) is 18.6. The van der Waals surface area contributed by atoms with Gasteiger partial charge < -0.3 is 28.6 Å². The molecule has 2 saturated heterocycles. The third-order valence-electron chi connectivity index (χ3n) is 10.4. The zero-order valence-electron chi connectivity index (χ0n) is 29.8. The summed E-state index contributed by atoms with van der Waals surface area (Å²) in [5.74, 6) is 4.32. The van der Waals surface area contributed by atoms with Crippen LogP contribution in [0.1, 0.15) is 83.6 Å². The quantitative estimate of drug-likeness (QED) is 0.113. The molecule has 258 valence electrons. The number of aromatic nitrogens is 2. The Labute approximate surface area is 288 Å². The first-order chi connectivity index (χ1) is 23.5. The van der Waals surface area contributed by atoms with Crippen molar-refractivity contribution in [3.8, 4) is 34.4 Å². The van der Waals surface area contributed by atoms with Crippen LogP contribution in [0.25, 0.3) is 22.4 Å². The van der Waals surface area contributed by atoms with Gasteiger partial charge in [-0.2, -0.15) is 0 Å². The largest absolute Gasteiger partial charge is 0.493 e. The van der Waals surface area contributed by atoms with E-state index < -0.39 is 0 Å². The van der Waals surface area contributed by atoms with E-state index in [1.807, 2.05) is 6.07 Å². The molecule has 48 heavy (non-hydrogen) atoms. The Hall–Kier alpha value is -3.55. The molecule has 0 amide bonds. The minimum absolute atomic E-state index is 0.580. The van der Waals surface area contributed by atoms with Crippen LogP contribution in [-0.2, 0) is 13.0 Å². The Bertz CT molecular complexity index is 1600. The molecule has 3 heterocycles. The molecule has 7 nitrogen and oxygen atoms in total. The number of aryl methyl sites for hydroxylation is 2. The number of ether oxygens (including phenoxy) is 3. The van der Waals surface area contributed by atoms with Crippen molar-refractivity contribution in [1.29, 1.82) is 0 Å². The summed E-state index contributed by atoms with van der Waals surface area (Å²) in [7, 11) is 4.46. The molecule has 0 saturated carbocycles. The minimum atomic E-state index is 0.580. The summed E-state index contributed by atoms with van der Waals surface area (Å²) in [6.07, 6.45) is 12.8. The van der Waals surface area contributed by atoms with Crippen molar-refractivity contribution in [2.45, 2.75) is 103 Å². The fraction of sp³-hybridized carbons (Fsp3) is 0.537. The van der Waals surface area contributed by atoms with Crippen LogP contribution in [0.4, 0.5) is 0 Å². The maximum atomic E-state index is 6.64. The standard InChI is InChI=1S/C41H56N4O3/c1-5-7-11-31-14-16-34(17-15-31)48-36-19-21-38-39(29-36)45(26-8-6-2)41(42-38)37-20-18-35(46-27-22-32-12-9-24-43(32)3)30-40(37)47-28-23-33-13-10-25-44(33)4/h14-21,29-30,32-33H,5-13,22-28H2,1-4H3. The van der Waals surface area contributed by atoms with E-state index in [0.29, 0.717) is 25.3 Å². The molecule has 7 heteroatoms. The smallest absolute Gasteiger partial charge is 0.144 e. The number of likely N-dealkylation sites (tertiary alicyclic amines) is 2. The maximum Gasteiger partial charge on any atom is 0.144 e. The van der Waals surface area contributed by atoms with Gasteiger partial charge in [0.25, 0.3) is 0 Å². The lowest BCUT2D eigenvalue weighted by Gasteiger charge is -2.21. The highest BCUT2D eigenvalue weighted by atomic mass is 16.5. The number of imidazole rings is 1. The van der Waals surface area contributed by atoms with Crippen LogP contribution in [0.15, 0.2) is 60.7 Å². The fourth-order valence-corrected chi connectivity index (χ4v) is 7.36. The summed E-state index contributed by atoms with van der Waals surface area (Å²) in [4.78, 5) is 10.1. The van der Waals surface area contributed by atoms with E-state index in [2.05, 4.69) is 96.9 Å². The molecule has 0 N–H and O–H groups in total. The molecule has 2 aliphatic rings. The Morgan fingerprint density at radius 3 is 2.06 bits per heavy atom. The van der Waals surface area contributed by atoms with Gasteiger partial charge in [0.2, 0.25) is 0 Å². The summed E-state index contributed by atoms with van der Waals surface area (Å²) in [6.45, 7) is 9.08. The number of hydrogen-bond donors (Lipinski definition) is 0. The highest BCUT2D eigenvalue weighted by molar-refractivity contribution is 5.83. The molecule has 0 radical (unpaired) electrons. The first-order valence-corrected chi connectivity index (χ1v) is 18.6. The lowest BCUT2D eigenvalue weighted by Crippen LogP contribution is -2.26. The third-order valence-corrected chi connectivity index (χ3v) is 10.4. The molecule has 0 bridgehead atoms. The minimum Gasteiger partial charge on any atom is -0.493 e. The number of unbranched alkanes of at least 4 members (excludes halogenated alkanes) is 2. The highest BCUT2D eigenvalue weighted by Crippen LogP contribution is 2.37. The van der Waals surface area contributed by atoms with E-state index in [4.69, 9.17) is 19.2 Å². The van der Waals surface area contributed by atoms with Crippen molar-refractivity contribution in [2.75, 3.05) is 40.4 Å². The van der Waals surface area contributed by atoms with Gasteiger partial charge in [-0.05, 0) is 127 Å². The maximum absolute atomic E-state index is 6.64. The molecule has 1 aromatic heterocycles. The lowest BCUT2D eigenvalue weighted by molar-refractivity contribution is 0.227. The van der Waals surface area contributed by atoms with Gasteiger partial charge in [-0.3, -0.25) is 0 Å². The molecule has 2 fully saturated rings. The van der Waals surface area contributed by atoms with Crippen LogP contribution < -0.4 is 14.2 Å². The Morgan fingerprint density at radius 2 is 1.40 bits per heavy atom. The molecule has 6 rings (SSSR count). The summed E-state index contributed by atoms with van der Waals surface area (Å²) in [6, 6.07) is 22.3. The van der Waals surface area contributed by atoms with Crippen LogP contribution in [0.3, 0.4) is 0 Å². The van der Waals surface area contributed by atoms with Crippen molar-refractivity contribution in [2.24, 2.45) is 0 Å². The molecule has 2 aliphatic heterocycles. The average Bonchev–Trinajstić information content (AvgIpc) is 3.81. The van der Waals surface area contributed by atoms with Crippen LogP contribution >= 0.6 is 0 Å². The fourth-order valence-electron chi connectivity index (χ4n) is 7.36. The van der Waals surface area contributed by atoms with Gasteiger partial charge in [0.1, 0.15) is 28.8 Å². The number of fused-ring (bicyclic) bond motifs is 1. The van der Waals surface area contributed by atoms with Gasteiger partial charge >= 0.3 is 0 Å². The van der Waals surface area contributed by atoms with Crippen LogP contribution in [0.2, 0.25) is 0 Å². The Balaban J connectivity index is 1.26. The summed E-state index contributed by atoms with van der Waals surface area (Å²) in [5.41, 5.74) is 4.40. The van der Waals surface area contributed by atoms with Crippen LogP contribution in [0, 0.1) is 0 Å². The van der Waals surface area contributed by atoms with Crippen LogP contribution in [-0.4, -0.2) is 71.8 Å². The SMILES string of the molecule is CCCCc1ccc(Oc2ccc3nc(-c4ccc(OCCC5CCCN5C)cc4OCCC4CCCN4C)n(CCCC)c3c2)cc1. The van der Waals surface area contributed by atoms with Crippen molar-refractivity contribution in [1.82, 2.24) is 19.4 Å². The monoisotopic (exact) mass is 652 g/mol. The Kier molecular flexibility index (Phi) is 11.9. The van der Waals surface area contributed by atoms with Gasteiger partial charge in [-0.15, -0.1) is 0 Å². The van der Waals surface area contributed by atoms with E-state index in [-0.39, 0.29) is 0 Å². The zero-order chi connectivity index (χ0) is 33.3. The number of hydrogen-bond acceptors (Lipinski definition) is 6. The van der Waals surface area contributed by atoms with Crippen molar-refractivity contribution in [3.05, 3.63) is 66.2 Å². The van der Waals surface area contributed by atoms with Gasteiger partial charge in [0.15, 0.2) is 0 Å².